The highest BCUT2D eigenvalue weighted by Gasteiger charge is 2.35. The van der Waals surface area contributed by atoms with Gasteiger partial charge in [-0.05, 0) is 43.5 Å². The van der Waals surface area contributed by atoms with Crippen LogP contribution in [0, 0.1) is 11.8 Å². The van der Waals surface area contributed by atoms with Crippen LogP contribution in [0.25, 0.3) is 10.9 Å². The minimum atomic E-state index is 0. The second-order valence-electron chi connectivity index (χ2n) is 6.10. The number of amides is 1. The fourth-order valence-corrected chi connectivity index (χ4v) is 3.67. The van der Waals surface area contributed by atoms with Crippen LogP contribution in [0.1, 0.15) is 16.8 Å². The zero-order chi connectivity index (χ0) is 14.2. The number of fused-ring (bicyclic) bond motifs is 2. The topological polar surface area (TPSA) is 45.2 Å². The van der Waals surface area contributed by atoms with E-state index in [1.54, 1.807) is 6.20 Å². The molecule has 2 aliphatic heterocycles. The molecule has 2 aromatic rings. The van der Waals surface area contributed by atoms with Crippen molar-refractivity contribution in [2.45, 2.75) is 6.42 Å². The maximum absolute atomic E-state index is 12.9. The molecule has 124 valence electrons. The number of halogens is 2. The minimum absolute atomic E-state index is 0. The zero-order valence-electron chi connectivity index (χ0n) is 12.8. The number of aromatic nitrogens is 1. The lowest BCUT2D eigenvalue weighted by Crippen LogP contribution is -2.43. The van der Waals surface area contributed by atoms with Crippen LogP contribution < -0.4 is 5.32 Å². The summed E-state index contributed by atoms with van der Waals surface area (Å²) in [6.07, 6.45) is 2.87. The van der Waals surface area contributed by atoms with Gasteiger partial charge in [0.1, 0.15) is 0 Å². The summed E-state index contributed by atoms with van der Waals surface area (Å²) in [6, 6.07) is 9.77. The maximum atomic E-state index is 12.9. The van der Waals surface area contributed by atoms with E-state index in [2.05, 4.69) is 10.3 Å². The fraction of sp³-hybridized carbons (Fsp3) is 0.412. The number of para-hydroxylation sites is 1. The molecule has 0 saturated carbocycles. The molecular formula is C17H21Cl2N3O. The van der Waals surface area contributed by atoms with Gasteiger partial charge in [0.05, 0.1) is 11.1 Å². The Kier molecular flexibility index (Phi) is 5.84. The summed E-state index contributed by atoms with van der Waals surface area (Å²) in [5, 5.41) is 4.47. The number of hydrogen-bond acceptors (Lipinski definition) is 3. The molecule has 0 spiro atoms. The van der Waals surface area contributed by atoms with Crippen LogP contribution in [-0.4, -0.2) is 42.0 Å². The molecule has 1 aromatic carbocycles. The third kappa shape index (κ3) is 3.30. The third-order valence-corrected chi connectivity index (χ3v) is 4.85. The van der Waals surface area contributed by atoms with Crippen molar-refractivity contribution in [2.24, 2.45) is 11.8 Å². The standard InChI is InChI=1S/C17H19N3O.2ClH/c21-17(20-8-6-13-9-18-10-14(13)11-20)15-5-1-3-12-4-2-7-19-16(12)15;;/h1-5,7,13-14,18H,6,8-11H2;2*1H. The number of hydrogen-bond donors (Lipinski definition) is 1. The van der Waals surface area contributed by atoms with Crippen LogP contribution in [0.5, 0.6) is 0 Å². The van der Waals surface area contributed by atoms with E-state index in [1.165, 1.54) is 0 Å². The summed E-state index contributed by atoms with van der Waals surface area (Å²) in [5.41, 5.74) is 1.55. The zero-order valence-corrected chi connectivity index (χ0v) is 14.4. The maximum Gasteiger partial charge on any atom is 0.256 e. The van der Waals surface area contributed by atoms with Crippen LogP contribution in [0.15, 0.2) is 36.5 Å². The molecule has 2 fully saturated rings. The van der Waals surface area contributed by atoms with Crippen molar-refractivity contribution in [1.29, 1.82) is 0 Å². The van der Waals surface area contributed by atoms with E-state index in [-0.39, 0.29) is 30.7 Å². The van der Waals surface area contributed by atoms with Crippen LogP contribution in [0.2, 0.25) is 0 Å². The fourth-order valence-electron chi connectivity index (χ4n) is 3.67. The predicted molar refractivity (Wildman–Crippen MR) is 96.6 cm³/mol. The summed E-state index contributed by atoms with van der Waals surface area (Å²) >= 11 is 0. The van der Waals surface area contributed by atoms with Gasteiger partial charge >= 0.3 is 0 Å². The number of likely N-dealkylation sites (tertiary alicyclic amines) is 1. The van der Waals surface area contributed by atoms with Crippen molar-refractivity contribution in [2.75, 3.05) is 26.2 Å². The number of nitrogens with zero attached hydrogens (tertiary/aromatic N) is 2. The van der Waals surface area contributed by atoms with Gasteiger partial charge in [0.2, 0.25) is 0 Å². The quantitative estimate of drug-likeness (QED) is 0.857. The molecule has 2 saturated heterocycles. The Morgan fingerprint density at radius 1 is 1.13 bits per heavy atom. The highest BCUT2D eigenvalue weighted by atomic mass is 35.5. The van der Waals surface area contributed by atoms with Crippen LogP contribution in [0.3, 0.4) is 0 Å². The second kappa shape index (κ2) is 7.47. The molecule has 0 radical (unpaired) electrons. The van der Waals surface area contributed by atoms with Gasteiger partial charge < -0.3 is 10.2 Å². The van der Waals surface area contributed by atoms with Crippen molar-refractivity contribution >= 4 is 41.6 Å². The summed E-state index contributed by atoms with van der Waals surface area (Å²) in [4.78, 5) is 19.3. The van der Waals surface area contributed by atoms with Crippen molar-refractivity contribution in [3.05, 3.63) is 42.1 Å². The molecule has 2 atom stereocenters. The lowest BCUT2D eigenvalue weighted by Gasteiger charge is -2.34. The van der Waals surface area contributed by atoms with Crippen LogP contribution in [-0.2, 0) is 0 Å². The SMILES string of the molecule is Cl.Cl.O=C(c1cccc2cccnc12)N1CCC2CNCC2C1. The number of carbonyl (C=O) groups is 1. The van der Waals surface area contributed by atoms with Gasteiger partial charge in [-0.15, -0.1) is 24.8 Å². The number of rotatable bonds is 1. The Labute approximate surface area is 148 Å². The first-order valence-corrected chi connectivity index (χ1v) is 7.66. The Balaban J connectivity index is 0.000000960. The smallest absolute Gasteiger partial charge is 0.256 e. The molecule has 2 aliphatic rings. The number of carbonyl (C=O) groups excluding carboxylic acids is 1. The summed E-state index contributed by atoms with van der Waals surface area (Å²) in [5.74, 6) is 1.50. The number of nitrogens with one attached hydrogen (secondary N) is 1. The lowest BCUT2D eigenvalue weighted by molar-refractivity contribution is 0.0644. The Morgan fingerprint density at radius 3 is 2.78 bits per heavy atom. The molecule has 6 heteroatoms. The molecule has 2 unspecified atom stereocenters. The monoisotopic (exact) mass is 353 g/mol. The molecule has 1 N–H and O–H groups in total. The minimum Gasteiger partial charge on any atom is -0.338 e. The first kappa shape index (κ1) is 18.0. The highest BCUT2D eigenvalue weighted by molar-refractivity contribution is 6.05. The van der Waals surface area contributed by atoms with E-state index < -0.39 is 0 Å². The van der Waals surface area contributed by atoms with E-state index in [1.807, 2.05) is 35.2 Å². The van der Waals surface area contributed by atoms with Crippen LogP contribution >= 0.6 is 24.8 Å². The van der Waals surface area contributed by atoms with Gasteiger partial charge in [-0.3, -0.25) is 9.78 Å². The first-order valence-electron chi connectivity index (χ1n) is 7.66. The Hall–Kier alpha value is -1.36. The summed E-state index contributed by atoms with van der Waals surface area (Å²) in [6.45, 7) is 3.90. The number of benzene rings is 1. The van der Waals surface area contributed by atoms with Crippen molar-refractivity contribution < 1.29 is 4.79 Å². The molecular weight excluding hydrogens is 333 g/mol. The van der Waals surface area contributed by atoms with Gasteiger partial charge in [0.15, 0.2) is 0 Å². The lowest BCUT2D eigenvalue weighted by atomic mass is 9.88. The number of pyridine rings is 1. The van der Waals surface area contributed by atoms with Gasteiger partial charge in [0, 0.05) is 24.7 Å². The van der Waals surface area contributed by atoms with Gasteiger partial charge in [-0.1, -0.05) is 18.2 Å². The Morgan fingerprint density at radius 2 is 1.91 bits per heavy atom. The van der Waals surface area contributed by atoms with Gasteiger partial charge in [0.25, 0.3) is 5.91 Å². The predicted octanol–water partition coefficient (Wildman–Crippen LogP) is 2.76. The number of piperidine rings is 1. The molecule has 0 bridgehead atoms. The average molecular weight is 354 g/mol. The van der Waals surface area contributed by atoms with E-state index in [0.29, 0.717) is 5.92 Å². The van der Waals surface area contributed by atoms with Gasteiger partial charge in [-0.2, -0.15) is 0 Å². The van der Waals surface area contributed by atoms with E-state index in [0.717, 1.165) is 55.0 Å². The Bertz CT molecular complexity index is 689. The van der Waals surface area contributed by atoms with Crippen molar-refractivity contribution in [1.82, 2.24) is 15.2 Å². The van der Waals surface area contributed by atoms with E-state index in [4.69, 9.17) is 0 Å². The second-order valence-corrected chi connectivity index (χ2v) is 6.10. The average Bonchev–Trinajstić information content (AvgIpc) is 3.01. The molecule has 4 rings (SSSR count). The molecule has 23 heavy (non-hydrogen) atoms. The largest absolute Gasteiger partial charge is 0.338 e. The summed E-state index contributed by atoms with van der Waals surface area (Å²) < 4.78 is 0. The molecule has 0 aliphatic carbocycles. The molecule has 1 amide bonds. The van der Waals surface area contributed by atoms with Crippen LogP contribution in [0.4, 0.5) is 0 Å². The van der Waals surface area contributed by atoms with Crippen molar-refractivity contribution in [3.63, 3.8) is 0 Å². The first-order chi connectivity index (χ1) is 10.3. The third-order valence-electron chi connectivity index (χ3n) is 4.85. The highest BCUT2D eigenvalue weighted by Crippen LogP contribution is 2.28. The van der Waals surface area contributed by atoms with E-state index >= 15 is 0 Å². The normalized spacial score (nSPS) is 22.9. The van der Waals surface area contributed by atoms with Gasteiger partial charge in [-0.25, -0.2) is 0 Å². The molecule has 4 nitrogen and oxygen atoms in total. The van der Waals surface area contributed by atoms with Crippen molar-refractivity contribution in [3.8, 4) is 0 Å². The molecule has 3 heterocycles. The molecule has 1 aromatic heterocycles. The summed E-state index contributed by atoms with van der Waals surface area (Å²) in [7, 11) is 0. The van der Waals surface area contributed by atoms with E-state index in [9.17, 15) is 4.79 Å².